The number of nitrogens with one attached hydrogen (secondary N) is 3. The summed E-state index contributed by atoms with van der Waals surface area (Å²) in [6.45, 7) is 0. The average Bonchev–Trinajstić information content (AvgIpc) is 3.05. The Hall–Kier alpha value is -6.01. The minimum atomic E-state index is -0.479. The molecule has 0 radical (unpaired) electrons. The number of benzene rings is 4. The van der Waals surface area contributed by atoms with Crippen LogP contribution in [0.2, 0.25) is 0 Å². The maximum atomic E-state index is 12.6. The highest BCUT2D eigenvalue weighted by Gasteiger charge is 2.18. The summed E-state index contributed by atoms with van der Waals surface area (Å²) in [5.74, 6) is -1.26. The van der Waals surface area contributed by atoms with Crippen LogP contribution >= 0.6 is 11.8 Å². The van der Waals surface area contributed by atoms with Crippen molar-refractivity contribution in [2.75, 3.05) is 30.2 Å². The highest BCUT2D eigenvalue weighted by atomic mass is 32.2. The first kappa shape index (κ1) is 33.4. The Morgan fingerprint density at radius 3 is 1.50 bits per heavy atom. The van der Waals surface area contributed by atoms with Crippen LogP contribution in [0.4, 0.5) is 22.7 Å². The molecule has 244 valence electrons. The molecule has 5 rings (SSSR count). The smallest absolute Gasteiger partial charge is 0.232 e. The topological polar surface area (TPSA) is 163 Å². The van der Waals surface area contributed by atoms with Gasteiger partial charge in [0.1, 0.15) is 0 Å². The van der Waals surface area contributed by atoms with Crippen molar-refractivity contribution in [3.63, 3.8) is 0 Å². The summed E-state index contributed by atoms with van der Waals surface area (Å²) in [4.78, 5) is 51.6. The third kappa shape index (κ3) is 8.62. The number of carbonyl (C=O) groups is 4. The first-order valence-electron chi connectivity index (χ1n) is 14.6. The molecule has 11 nitrogen and oxygen atoms in total. The monoisotopic (exact) mass is 665 g/mol. The zero-order chi connectivity index (χ0) is 34.2. The van der Waals surface area contributed by atoms with Crippen LogP contribution in [0.25, 0.3) is 12.2 Å². The average molecular weight is 666 g/mol. The second-order valence-electron chi connectivity index (χ2n) is 10.6. The van der Waals surface area contributed by atoms with Crippen molar-refractivity contribution in [2.24, 2.45) is 0 Å². The molecule has 1 aliphatic heterocycles. The molecule has 0 saturated carbocycles. The molecule has 2 amide bonds. The number of fused-ring (bicyclic) bond motifs is 2. The van der Waals surface area contributed by atoms with Crippen molar-refractivity contribution in [2.45, 2.75) is 22.6 Å². The minimum absolute atomic E-state index is 0.0569. The predicted octanol–water partition coefficient (Wildman–Crippen LogP) is 6.55. The Bertz CT molecular complexity index is 1830. The van der Waals surface area contributed by atoms with Crippen LogP contribution in [-0.2, 0) is 19.2 Å². The van der Waals surface area contributed by atoms with Crippen LogP contribution in [0.5, 0.6) is 23.0 Å². The number of carbonyl (C=O) groups excluding carboxylic acids is 4. The molecule has 4 aromatic carbocycles. The number of phenols is 2. The van der Waals surface area contributed by atoms with Gasteiger partial charge in [-0.15, -0.1) is 0 Å². The van der Waals surface area contributed by atoms with Gasteiger partial charge in [-0.2, -0.15) is 0 Å². The largest absolute Gasteiger partial charge is 0.504 e. The lowest BCUT2D eigenvalue weighted by Crippen LogP contribution is -2.16. The van der Waals surface area contributed by atoms with Gasteiger partial charge >= 0.3 is 0 Å². The van der Waals surface area contributed by atoms with Gasteiger partial charge in [0.15, 0.2) is 34.6 Å². The van der Waals surface area contributed by atoms with Crippen molar-refractivity contribution in [1.82, 2.24) is 0 Å². The highest BCUT2D eigenvalue weighted by Crippen LogP contribution is 2.46. The van der Waals surface area contributed by atoms with E-state index in [1.54, 1.807) is 48.5 Å². The fourth-order valence-corrected chi connectivity index (χ4v) is 5.75. The van der Waals surface area contributed by atoms with E-state index in [2.05, 4.69) is 16.0 Å². The molecular formula is C36H31N3O8S. The molecule has 12 heteroatoms. The summed E-state index contributed by atoms with van der Waals surface area (Å²) in [6.07, 6.45) is 4.85. The maximum Gasteiger partial charge on any atom is 0.232 e. The van der Waals surface area contributed by atoms with Crippen LogP contribution in [0.1, 0.15) is 24.0 Å². The number of anilines is 4. The van der Waals surface area contributed by atoms with Gasteiger partial charge in [0, 0.05) is 21.2 Å². The summed E-state index contributed by atoms with van der Waals surface area (Å²) < 4.78 is 10.0. The summed E-state index contributed by atoms with van der Waals surface area (Å²) >= 11 is 1.43. The zero-order valence-corrected chi connectivity index (χ0v) is 26.7. The number of hydrogen-bond donors (Lipinski definition) is 5. The lowest BCUT2D eigenvalue weighted by molar-refractivity contribution is -0.124. The number of ether oxygens (including phenoxy) is 2. The zero-order valence-electron chi connectivity index (χ0n) is 25.9. The van der Waals surface area contributed by atoms with E-state index in [4.69, 9.17) is 9.47 Å². The van der Waals surface area contributed by atoms with Crippen LogP contribution in [0.3, 0.4) is 0 Å². The molecule has 4 aromatic rings. The molecule has 1 aliphatic rings. The normalized spacial score (nSPS) is 11.7. The number of ketones is 2. The number of hydrogen-bond acceptors (Lipinski definition) is 10. The SMILES string of the molecule is COc1ccc(/C=C/C(=O)CC(=O)Nc2ccc3c(c2)Sc2cc(NC(=O)CC(=O)/C=C/c4ccc(OC)c(O)c4)ccc2N3)cc1O. The van der Waals surface area contributed by atoms with Gasteiger partial charge in [0.2, 0.25) is 11.8 Å². The number of phenolic OH excluding ortho intramolecular Hbond substituents is 2. The van der Waals surface area contributed by atoms with E-state index in [-0.39, 0.29) is 24.3 Å². The van der Waals surface area contributed by atoms with Crippen molar-refractivity contribution in [3.8, 4) is 23.0 Å². The van der Waals surface area contributed by atoms with Gasteiger partial charge in [-0.05, 0) is 83.9 Å². The summed E-state index contributed by atoms with van der Waals surface area (Å²) in [6, 6.07) is 20.1. The molecular weight excluding hydrogens is 634 g/mol. The van der Waals surface area contributed by atoms with E-state index in [9.17, 15) is 29.4 Å². The number of aromatic hydroxyl groups is 2. The molecule has 0 saturated heterocycles. The Balaban J connectivity index is 1.14. The molecule has 0 aromatic heterocycles. The van der Waals surface area contributed by atoms with Gasteiger partial charge in [0.25, 0.3) is 0 Å². The van der Waals surface area contributed by atoms with E-state index in [0.717, 1.165) is 21.2 Å². The van der Waals surface area contributed by atoms with Crippen LogP contribution in [0.15, 0.2) is 94.7 Å². The molecule has 0 aliphatic carbocycles. The van der Waals surface area contributed by atoms with E-state index in [1.165, 1.54) is 62.4 Å². The molecule has 1 heterocycles. The van der Waals surface area contributed by atoms with Gasteiger partial charge < -0.3 is 35.6 Å². The Kier molecular flexibility index (Phi) is 10.5. The van der Waals surface area contributed by atoms with Crippen LogP contribution in [0, 0.1) is 0 Å². The quantitative estimate of drug-likeness (QED) is 0.0730. The van der Waals surface area contributed by atoms with E-state index < -0.39 is 23.4 Å². The Morgan fingerprint density at radius 1 is 0.667 bits per heavy atom. The third-order valence-corrected chi connectivity index (χ3v) is 8.13. The number of allylic oxidation sites excluding steroid dienone is 2. The van der Waals surface area contributed by atoms with Gasteiger partial charge in [-0.25, -0.2) is 0 Å². The molecule has 0 unspecified atom stereocenters. The van der Waals surface area contributed by atoms with Gasteiger partial charge in [-0.1, -0.05) is 36.0 Å². The predicted molar refractivity (Wildman–Crippen MR) is 184 cm³/mol. The fourth-order valence-electron chi connectivity index (χ4n) is 4.68. The molecule has 0 bridgehead atoms. The summed E-state index contributed by atoms with van der Waals surface area (Å²) in [7, 11) is 2.88. The van der Waals surface area contributed by atoms with E-state index in [1.807, 2.05) is 12.1 Å². The van der Waals surface area contributed by atoms with Crippen molar-refractivity contribution in [1.29, 1.82) is 0 Å². The number of methoxy groups -OCH3 is 2. The van der Waals surface area contributed by atoms with Crippen molar-refractivity contribution >= 4 is 70.0 Å². The molecule has 48 heavy (non-hydrogen) atoms. The first-order chi connectivity index (χ1) is 23.1. The maximum absolute atomic E-state index is 12.6. The van der Waals surface area contributed by atoms with Gasteiger partial charge in [0.05, 0.1) is 38.4 Å². The Labute approximate surface area is 280 Å². The number of amides is 2. The van der Waals surface area contributed by atoms with Crippen LogP contribution < -0.4 is 25.4 Å². The highest BCUT2D eigenvalue weighted by molar-refractivity contribution is 7.99. The lowest BCUT2D eigenvalue weighted by Gasteiger charge is -2.22. The van der Waals surface area contributed by atoms with Crippen molar-refractivity contribution < 1.29 is 38.9 Å². The van der Waals surface area contributed by atoms with E-state index >= 15 is 0 Å². The second-order valence-corrected chi connectivity index (χ2v) is 11.6. The number of rotatable bonds is 12. The molecule has 0 spiro atoms. The Morgan fingerprint density at radius 2 is 1.10 bits per heavy atom. The molecule has 0 atom stereocenters. The summed E-state index contributed by atoms with van der Waals surface area (Å²) in [5, 5.41) is 28.6. The third-order valence-electron chi connectivity index (χ3n) is 7.02. The summed E-state index contributed by atoms with van der Waals surface area (Å²) in [5.41, 5.74) is 3.83. The fraction of sp³-hybridized carbons (Fsp3) is 0.111. The lowest BCUT2D eigenvalue weighted by atomic mass is 10.1. The minimum Gasteiger partial charge on any atom is -0.504 e. The van der Waals surface area contributed by atoms with Crippen LogP contribution in [-0.4, -0.2) is 47.8 Å². The van der Waals surface area contributed by atoms with Crippen molar-refractivity contribution in [3.05, 3.63) is 96.1 Å². The molecule has 5 N–H and O–H groups in total. The standard InChI is InChI=1S/C36H31N3O8S/c1-46-31-13-5-21(15-29(31)42)3-9-25(40)19-35(44)37-23-7-11-27-33(17-23)48-34-18-24(8-12-28(34)39-27)38-36(45)20-26(41)10-4-22-6-14-32(47-2)30(43)16-22/h3-18,39,42-43H,19-20H2,1-2H3,(H,37,44)(H,38,45)/b9-3+,10-4+. The molecule has 0 fully saturated rings. The van der Waals surface area contributed by atoms with E-state index in [0.29, 0.717) is 34.0 Å². The second kappa shape index (κ2) is 15.1. The first-order valence-corrected chi connectivity index (χ1v) is 15.4. The van der Waals surface area contributed by atoms with Gasteiger partial charge in [-0.3, -0.25) is 19.2 Å².